The molecule has 0 heterocycles. The van der Waals surface area contributed by atoms with E-state index in [0.29, 0.717) is 12.1 Å². The van der Waals surface area contributed by atoms with Gasteiger partial charge in [-0.2, -0.15) is 0 Å². The average molecular weight is 330 g/mol. The van der Waals surface area contributed by atoms with Crippen molar-refractivity contribution in [3.63, 3.8) is 0 Å². The van der Waals surface area contributed by atoms with Gasteiger partial charge in [-0.15, -0.1) is 0 Å². The quantitative estimate of drug-likeness (QED) is 0.595. The Bertz CT molecular complexity index is 644. The molecule has 5 N–H and O–H groups in total. The molecule has 0 aliphatic rings. The highest BCUT2D eigenvalue weighted by Crippen LogP contribution is 2.22. The van der Waals surface area contributed by atoms with Gasteiger partial charge in [0, 0.05) is 24.7 Å². The second kappa shape index (κ2) is 8.68. The van der Waals surface area contributed by atoms with Gasteiger partial charge >= 0.3 is 0 Å². The van der Waals surface area contributed by atoms with Crippen LogP contribution in [-0.4, -0.2) is 29.9 Å². The van der Waals surface area contributed by atoms with E-state index in [1.54, 1.807) is 25.3 Å². The molecule has 2 atom stereocenters. The van der Waals surface area contributed by atoms with Gasteiger partial charge in [0.05, 0.1) is 13.2 Å². The second-order valence-corrected chi connectivity index (χ2v) is 5.97. The zero-order chi connectivity index (χ0) is 17.5. The van der Waals surface area contributed by atoms with Gasteiger partial charge in [-0.1, -0.05) is 18.2 Å². The highest BCUT2D eigenvalue weighted by atomic mass is 16.5. The second-order valence-electron chi connectivity index (χ2n) is 5.97. The molecular formula is C19H26N2O3. The number of hydrogen-bond acceptors (Lipinski definition) is 5. The van der Waals surface area contributed by atoms with Crippen LogP contribution < -0.4 is 15.8 Å². The monoisotopic (exact) mass is 330 g/mol. The minimum absolute atomic E-state index is 0.161. The van der Waals surface area contributed by atoms with E-state index in [1.807, 2.05) is 24.3 Å². The summed E-state index contributed by atoms with van der Waals surface area (Å²) >= 11 is 0. The van der Waals surface area contributed by atoms with E-state index in [9.17, 15) is 10.2 Å². The van der Waals surface area contributed by atoms with Crippen molar-refractivity contribution in [2.24, 2.45) is 5.73 Å². The first kappa shape index (κ1) is 18.3. The summed E-state index contributed by atoms with van der Waals surface area (Å²) in [6.07, 6.45) is 0.217. The number of aliphatic hydroxyl groups excluding tert-OH is 1. The summed E-state index contributed by atoms with van der Waals surface area (Å²) in [5, 5.41) is 23.3. The molecular weight excluding hydrogens is 304 g/mol. The highest BCUT2D eigenvalue weighted by Gasteiger charge is 2.12. The van der Waals surface area contributed by atoms with Crippen molar-refractivity contribution in [3.8, 4) is 11.5 Å². The fraction of sp³-hybridized carbons (Fsp3) is 0.368. The summed E-state index contributed by atoms with van der Waals surface area (Å²) in [5.74, 6) is 1.01. The summed E-state index contributed by atoms with van der Waals surface area (Å²) in [5.41, 5.74) is 8.18. The largest absolute Gasteiger partial charge is 0.508 e. The maximum Gasteiger partial charge on any atom is 0.120 e. The van der Waals surface area contributed by atoms with E-state index >= 15 is 0 Å². The van der Waals surface area contributed by atoms with Crippen LogP contribution in [0.4, 0.5) is 0 Å². The van der Waals surface area contributed by atoms with Crippen molar-refractivity contribution < 1.29 is 14.9 Å². The molecule has 2 unspecified atom stereocenters. The third kappa shape index (κ3) is 4.96. The summed E-state index contributed by atoms with van der Waals surface area (Å²) in [6.45, 7) is 2.76. The van der Waals surface area contributed by atoms with Gasteiger partial charge in [-0.05, 0) is 48.7 Å². The third-order valence-corrected chi connectivity index (χ3v) is 4.07. The van der Waals surface area contributed by atoms with Gasteiger partial charge in [-0.3, -0.25) is 0 Å². The highest BCUT2D eigenvalue weighted by molar-refractivity contribution is 5.37. The van der Waals surface area contributed by atoms with Crippen molar-refractivity contribution in [1.82, 2.24) is 5.32 Å². The average Bonchev–Trinajstić information content (AvgIpc) is 2.60. The van der Waals surface area contributed by atoms with Crippen LogP contribution in [0, 0.1) is 0 Å². The first-order valence-electron chi connectivity index (χ1n) is 8.09. The lowest BCUT2D eigenvalue weighted by Crippen LogP contribution is -2.32. The van der Waals surface area contributed by atoms with Crippen LogP contribution in [0.5, 0.6) is 11.5 Å². The van der Waals surface area contributed by atoms with Gasteiger partial charge < -0.3 is 26.0 Å². The predicted molar refractivity (Wildman–Crippen MR) is 95.1 cm³/mol. The fourth-order valence-corrected chi connectivity index (χ4v) is 2.59. The number of rotatable bonds is 8. The van der Waals surface area contributed by atoms with Crippen LogP contribution in [0.2, 0.25) is 0 Å². The number of methoxy groups -OCH3 is 1. The lowest BCUT2D eigenvalue weighted by atomic mass is 10.0. The third-order valence-electron chi connectivity index (χ3n) is 4.07. The Morgan fingerprint density at radius 3 is 2.50 bits per heavy atom. The van der Waals surface area contributed by atoms with Gasteiger partial charge in [-0.25, -0.2) is 0 Å². The van der Waals surface area contributed by atoms with E-state index in [1.165, 1.54) is 5.56 Å². The van der Waals surface area contributed by atoms with Crippen LogP contribution in [0.25, 0.3) is 0 Å². The molecule has 0 bridgehead atoms. The van der Waals surface area contributed by atoms with E-state index in [0.717, 1.165) is 17.7 Å². The molecule has 0 aliphatic carbocycles. The predicted octanol–water partition coefficient (Wildman–Crippen LogP) is 2.11. The SMILES string of the molecule is COc1ccc(CC(C)NCC(O)c2ccc(O)c(CN)c2)cc1. The van der Waals surface area contributed by atoms with Crippen molar-refractivity contribution >= 4 is 0 Å². The van der Waals surface area contributed by atoms with Crippen LogP contribution in [0.1, 0.15) is 29.7 Å². The topological polar surface area (TPSA) is 87.7 Å². The number of phenolic OH excluding ortho intramolecular Hbond substituents is 1. The molecule has 0 saturated carbocycles. The Morgan fingerprint density at radius 2 is 1.88 bits per heavy atom. The first-order chi connectivity index (χ1) is 11.5. The Kier molecular flexibility index (Phi) is 6.61. The minimum atomic E-state index is -0.644. The Hall–Kier alpha value is -2.08. The molecule has 0 spiro atoms. The van der Waals surface area contributed by atoms with Crippen molar-refractivity contribution in [2.75, 3.05) is 13.7 Å². The molecule has 0 fully saturated rings. The van der Waals surface area contributed by atoms with Crippen LogP contribution in [-0.2, 0) is 13.0 Å². The number of nitrogens with two attached hydrogens (primary N) is 1. The lowest BCUT2D eigenvalue weighted by molar-refractivity contribution is 0.170. The number of hydrogen-bond donors (Lipinski definition) is 4. The van der Waals surface area contributed by atoms with Crippen molar-refractivity contribution in [2.45, 2.75) is 32.0 Å². The number of aromatic hydroxyl groups is 1. The first-order valence-corrected chi connectivity index (χ1v) is 8.09. The molecule has 0 saturated heterocycles. The number of ether oxygens (including phenoxy) is 1. The molecule has 0 aliphatic heterocycles. The number of benzene rings is 2. The minimum Gasteiger partial charge on any atom is -0.508 e. The van der Waals surface area contributed by atoms with E-state index in [4.69, 9.17) is 10.5 Å². The van der Waals surface area contributed by atoms with E-state index < -0.39 is 6.10 Å². The molecule has 2 rings (SSSR count). The maximum atomic E-state index is 10.3. The normalized spacial score (nSPS) is 13.5. The van der Waals surface area contributed by atoms with Crippen molar-refractivity contribution in [3.05, 3.63) is 59.2 Å². The number of aliphatic hydroxyl groups is 1. The van der Waals surface area contributed by atoms with Gasteiger partial charge in [0.1, 0.15) is 11.5 Å². The number of phenols is 1. The molecule has 0 aromatic heterocycles. The summed E-state index contributed by atoms with van der Waals surface area (Å²) in [7, 11) is 1.65. The van der Waals surface area contributed by atoms with Crippen LogP contribution in [0.15, 0.2) is 42.5 Å². The molecule has 5 nitrogen and oxygen atoms in total. The van der Waals surface area contributed by atoms with E-state index in [2.05, 4.69) is 12.2 Å². The van der Waals surface area contributed by atoms with E-state index in [-0.39, 0.29) is 18.3 Å². The van der Waals surface area contributed by atoms with Gasteiger partial charge in [0.2, 0.25) is 0 Å². The molecule has 2 aromatic carbocycles. The van der Waals surface area contributed by atoms with Gasteiger partial charge in [0.15, 0.2) is 0 Å². The zero-order valence-corrected chi connectivity index (χ0v) is 14.2. The van der Waals surface area contributed by atoms with Crippen LogP contribution in [0.3, 0.4) is 0 Å². The smallest absolute Gasteiger partial charge is 0.120 e. The van der Waals surface area contributed by atoms with Crippen LogP contribution >= 0.6 is 0 Å². The molecule has 130 valence electrons. The molecule has 2 aromatic rings. The number of nitrogens with one attached hydrogen (secondary N) is 1. The Balaban J connectivity index is 1.87. The molecule has 5 heteroatoms. The molecule has 0 amide bonds. The fourth-order valence-electron chi connectivity index (χ4n) is 2.59. The standard InChI is InChI=1S/C19H26N2O3/c1-13(9-14-3-6-17(24-2)7-4-14)21-12-19(23)15-5-8-18(22)16(10-15)11-20/h3-8,10,13,19,21-23H,9,11-12,20H2,1-2H3. The summed E-state index contributed by atoms with van der Waals surface area (Å²) in [6, 6.07) is 13.2. The maximum absolute atomic E-state index is 10.3. The molecule has 0 radical (unpaired) electrons. The lowest BCUT2D eigenvalue weighted by Gasteiger charge is -2.18. The Labute approximate surface area is 143 Å². The van der Waals surface area contributed by atoms with Gasteiger partial charge in [0.25, 0.3) is 0 Å². The van der Waals surface area contributed by atoms with Crippen molar-refractivity contribution in [1.29, 1.82) is 0 Å². The summed E-state index contributed by atoms with van der Waals surface area (Å²) < 4.78 is 5.15. The molecule has 24 heavy (non-hydrogen) atoms. The zero-order valence-electron chi connectivity index (χ0n) is 14.2. The Morgan fingerprint density at radius 1 is 1.17 bits per heavy atom. The summed E-state index contributed by atoms with van der Waals surface area (Å²) in [4.78, 5) is 0.